The van der Waals surface area contributed by atoms with Crippen LogP contribution in [0.15, 0.2) is 58.2 Å². The molecule has 0 saturated carbocycles. The highest BCUT2D eigenvalue weighted by Crippen LogP contribution is 2.30. The molecule has 2 aromatic carbocycles. The highest BCUT2D eigenvalue weighted by atomic mass is 35.5. The quantitative estimate of drug-likeness (QED) is 0.389. The number of carbonyl (C=O) groups excluding carboxylic acids is 1. The van der Waals surface area contributed by atoms with Crippen molar-refractivity contribution >= 4 is 34.2 Å². The van der Waals surface area contributed by atoms with Crippen LogP contribution in [0.5, 0.6) is 0 Å². The first kappa shape index (κ1) is 16.2. The molecule has 120 valence electrons. The maximum atomic E-state index is 12.2. The molecule has 0 fully saturated rings. The van der Waals surface area contributed by atoms with Crippen LogP contribution in [-0.2, 0) is 0 Å². The SMILES string of the molecule is O=C(Sc1nnc(-c2ccccc2Cl)o1)c1cccc([N+](=O)[O-])c1. The molecule has 0 saturated heterocycles. The van der Waals surface area contributed by atoms with Crippen molar-refractivity contribution in [3.8, 4) is 11.5 Å². The fourth-order valence-corrected chi connectivity index (χ4v) is 2.70. The summed E-state index contributed by atoms with van der Waals surface area (Å²) in [5, 5.41) is 18.4. The van der Waals surface area contributed by atoms with Crippen LogP contribution in [0.4, 0.5) is 5.69 Å². The highest BCUT2D eigenvalue weighted by Gasteiger charge is 2.18. The Labute approximate surface area is 144 Å². The summed E-state index contributed by atoms with van der Waals surface area (Å²) in [4.78, 5) is 22.4. The van der Waals surface area contributed by atoms with Gasteiger partial charge in [0.1, 0.15) is 0 Å². The number of aromatic nitrogens is 2. The molecular weight excluding hydrogens is 354 g/mol. The normalized spacial score (nSPS) is 10.5. The number of halogens is 1. The number of hydrogen-bond donors (Lipinski definition) is 0. The van der Waals surface area contributed by atoms with Crippen LogP contribution in [0.1, 0.15) is 10.4 Å². The van der Waals surface area contributed by atoms with Crippen LogP contribution in [0.25, 0.3) is 11.5 Å². The van der Waals surface area contributed by atoms with Crippen molar-refractivity contribution in [1.82, 2.24) is 10.2 Å². The lowest BCUT2D eigenvalue weighted by Crippen LogP contribution is -1.95. The molecule has 0 aliphatic rings. The third-order valence-electron chi connectivity index (χ3n) is 2.98. The summed E-state index contributed by atoms with van der Waals surface area (Å²) in [5.41, 5.74) is 0.566. The standard InChI is InChI=1S/C15H8ClN3O4S/c16-12-7-2-1-6-11(12)13-17-18-15(23-13)24-14(20)9-4-3-5-10(8-9)19(21)22/h1-8H. The first-order chi connectivity index (χ1) is 11.5. The zero-order valence-electron chi connectivity index (χ0n) is 11.9. The monoisotopic (exact) mass is 361 g/mol. The van der Waals surface area contributed by atoms with Crippen molar-refractivity contribution in [2.75, 3.05) is 0 Å². The van der Waals surface area contributed by atoms with E-state index in [0.717, 1.165) is 0 Å². The van der Waals surface area contributed by atoms with Gasteiger partial charge >= 0.3 is 0 Å². The zero-order valence-corrected chi connectivity index (χ0v) is 13.5. The Kier molecular flexibility index (Phi) is 4.59. The van der Waals surface area contributed by atoms with E-state index >= 15 is 0 Å². The van der Waals surface area contributed by atoms with Crippen molar-refractivity contribution in [2.45, 2.75) is 5.22 Å². The highest BCUT2D eigenvalue weighted by molar-refractivity contribution is 8.14. The molecule has 7 nitrogen and oxygen atoms in total. The molecule has 9 heteroatoms. The Morgan fingerprint density at radius 2 is 1.96 bits per heavy atom. The summed E-state index contributed by atoms with van der Waals surface area (Å²) in [7, 11) is 0. The summed E-state index contributed by atoms with van der Waals surface area (Å²) in [6.45, 7) is 0. The van der Waals surface area contributed by atoms with Crippen molar-refractivity contribution in [3.05, 3.63) is 69.2 Å². The molecule has 0 atom stereocenters. The molecule has 24 heavy (non-hydrogen) atoms. The Morgan fingerprint density at radius 1 is 1.17 bits per heavy atom. The summed E-state index contributed by atoms with van der Waals surface area (Å²) >= 11 is 6.74. The van der Waals surface area contributed by atoms with E-state index in [9.17, 15) is 14.9 Å². The minimum Gasteiger partial charge on any atom is -0.411 e. The summed E-state index contributed by atoms with van der Waals surface area (Å²) in [6, 6.07) is 12.4. The van der Waals surface area contributed by atoms with Crippen LogP contribution in [-0.4, -0.2) is 20.2 Å². The molecule has 0 amide bonds. The number of nitro benzene ring substituents is 1. The minimum absolute atomic E-state index is 0.0291. The van der Waals surface area contributed by atoms with Gasteiger partial charge in [0.15, 0.2) is 0 Å². The third kappa shape index (κ3) is 3.44. The molecule has 3 rings (SSSR count). The van der Waals surface area contributed by atoms with E-state index in [1.165, 1.54) is 24.3 Å². The van der Waals surface area contributed by atoms with Crippen molar-refractivity contribution in [1.29, 1.82) is 0 Å². The fraction of sp³-hybridized carbons (Fsp3) is 0. The largest absolute Gasteiger partial charge is 0.411 e. The predicted octanol–water partition coefficient (Wildman–Crippen LogP) is 4.23. The van der Waals surface area contributed by atoms with Gasteiger partial charge in [0.05, 0.1) is 15.5 Å². The maximum absolute atomic E-state index is 12.2. The zero-order chi connectivity index (χ0) is 17.1. The molecule has 0 aliphatic carbocycles. The Hall–Kier alpha value is -2.71. The van der Waals surface area contributed by atoms with Gasteiger partial charge in [0.2, 0.25) is 11.0 Å². The van der Waals surface area contributed by atoms with E-state index in [4.69, 9.17) is 16.0 Å². The Morgan fingerprint density at radius 3 is 2.71 bits per heavy atom. The topological polar surface area (TPSA) is 99.1 Å². The maximum Gasteiger partial charge on any atom is 0.284 e. The van der Waals surface area contributed by atoms with E-state index in [-0.39, 0.29) is 22.4 Å². The van der Waals surface area contributed by atoms with Crippen LogP contribution in [0.2, 0.25) is 5.02 Å². The third-order valence-corrected chi connectivity index (χ3v) is 4.07. The second-order valence-corrected chi connectivity index (χ2v) is 5.88. The van der Waals surface area contributed by atoms with Crippen molar-refractivity contribution in [3.63, 3.8) is 0 Å². The summed E-state index contributed by atoms with van der Waals surface area (Å²) in [6.07, 6.45) is 0. The number of nitro groups is 1. The average Bonchev–Trinajstić information content (AvgIpc) is 3.03. The fourth-order valence-electron chi connectivity index (χ4n) is 1.88. The van der Waals surface area contributed by atoms with Crippen LogP contribution in [0, 0.1) is 10.1 Å². The summed E-state index contributed by atoms with van der Waals surface area (Å²) in [5.74, 6) is 0.190. The Balaban J connectivity index is 1.80. The second-order valence-electron chi connectivity index (χ2n) is 4.55. The number of rotatable bonds is 4. The number of nitrogens with zero attached hydrogens (tertiary/aromatic N) is 3. The van der Waals surface area contributed by atoms with E-state index < -0.39 is 10.0 Å². The van der Waals surface area contributed by atoms with Crippen LogP contribution in [0.3, 0.4) is 0 Å². The van der Waals surface area contributed by atoms with Gasteiger partial charge in [-0.1, -0.05) is 29.8 Å². The first-order valence-corrected chi connectivity index (χ1v) is 7.79. The molecule has 0 aliphatic heterocycles. The molecule has 0 N–H and O–H groups in total. The Bertz CT molecular complexity index is 928. The van der Waals surface area contributed by atoms with Crippen molar-refractivity contribution in [2.24, 2.45) is 0 Å². The molecule has 0 bridgehead atoms. The molecule has 3 aromatic rings. The molecule has 1 heterocycles. The number of carbonyl (C=O) groups is 1. The summed E-state index contributed by atoms with van der Waals surface area (Å²) < 4.78 is 5.42. The van der Waals surface area contributed by atoms with Gasteiger partial charge in [-0.15, -0.1) is 10.2 Å². The molecule has 0 unspecified atom stereocenters. The van der Waals surface area contributed by atoms with Gasteiger partial charge in [0.25, 0.3) is 10.9 Å². The lowest BCUT2D eigenvalue weighted by atomic mass is 10.2. The van der Waals surface area contributed by atoms with E-state index in [0.29, 0.717) is 22.3 Å². The predicted molar refractivity (Wildman–Crippen MR) is 88.0 cm³/mol. The van der Waals surface area contributed by atoms with Crippen LogP contribution >= 0.6 is 23.4 Å². The molecule has 1 aromatic heterocycles. The van der Waals surface area contributed by atoms with E-state index in [1.807, 2.05) is 0 Å². The number of hydrogen-bond acceptors (Lipinski definition) is 7. The van der Waals surface area contributed by atoms with Gasteiger partial charge in [-0.3, -0.25) is 14.9 Å². The van der Waals surface area contributed by atoms with Gasteiger partial charge in [0, 0.05) is 29.5 Å². The van der Waals surface area contributed by atoms with E-state index in [2.05, 4.69) is 10.2 Å². The lowest BCUT2D eigenvalue weighted by molar-refractivity contribution is -0.384. The van der Waals surface area contributed by atoms with Gasteiger partial charge in [-0.2, -0.15) is 0 Å². The number of thioether (sulfide) groups is 1. The second kappa shape index (κ2) is 6.81. The average molecular weight is 362 g/mol. The van der Waals surface area contributed by atoms with Gasteiger partial charge in [-0.25, -0.2) is 0 Å². The number of benzene rings is 2. The van der Waals surface area contributed by atoms with Crippen LogP contribution < -0.4 is 0 Å². The van der Waals surface area contributed by atoms with E-state index in [1.54, 1.807) is 24.3 Å². The molecule has 0 spiro atoms. The molecule has 0 radical (unpaired) electrons. The lowest BCUT2D eigenvalue weighted by Gasteiger charge is -1.98. The smallest absolute Gasteiger partial charge is 0.284 e. The van der Waals surface area contributed by atoms with Crippen molar-refractivity contribution < 1.29 is 14.1 Å². The minimum atomic E-state index is -0.566. The molecular formula is C15H8ClN3O4S. The van der Waals surface area contributed by atoms with Gasteiger partial charge in [-0.05, 0) is 18.2 Å². The van der Waals surface area contributed by atoms with Gasteiger partial charge < -0.3 is 4.42 Å². The number of non-ortho nitro benzene ring substituents is 1. The first-order valence-electron chi connectivity index (χ1n) is 6.59.